The highest BCUT2D eigenvalue weighted by Crippen LogP contribution is 2.29. The number of nitrogens with zero attached hydrogens (tertiary/aromatic N) is 2. The average molecular weight is 316 g/mol. The van der Waals surface area contributed by atoms with Crippen molar-refractivity contribution in [1.29, 1.82) is 0 Å². The van der Waals surface area contributed by atoms with Crippen LogP contribution in [-0.2, 0) is 0 Å². The second kappa shape index (κ2) is 5.87. The van der Waals surface area contributed by atoms with Crippen LogP contribution in [0.1, 0.15) is 26.2 Å². The Morgan fingerprint density at radius 1 is 1.47 bits per heavy atom. The van der Waals surface area contributed by atoms with Gasteiger partial charge in [0, 0.05) is 29.0 Å². The first-order chi connectivity index (χ1) is 8.20. The van der Waals surface area contributed by atoms with Gasteiger partial charge in [0.05, 0.1) is 5.69 Å². The number of halogens is 2. The molecule has 0 N–H and O–H groups in total. The zero-order valence-electron chi connectivity index (χ0n) is 9.92. The largest absolute Gasteiger partial charge is 0.360 e. The Kier molecular flexibility index (Phi) is 4.46. The van der Waals surface area contributed by atoms with Crippen molar-refractivity contribution in [2.24, 2.45) is 4.99 Å². The summed E-state index contributed by atoms with van der Waals surface area (Å²) >= 11 is 9.43. The maximum Gasteiger partial charge on any atom is 0.105 e. The fraction of sp³-hybridized carbons (Fsp3) is 0.462. The van der Waals surface area contributed by atoms with E-state index in [1.54, 1.807) is 0 Å². The average Bonchev–Trinajstić information content (AvgIpc) is 2.71. The molecule has 2 nitrogen and oxygen atoms in total. The fourth-order valence-corrected chi connectivity index (χ4v) is 2.83. The summed E-state index contributed by atoms with van der Waals surface area (Å²) in [5.74, 6) is 1.20. The van der Waals surface area contributed by atoms with E-state index >= 15 is 0 Å². The summed E-state index contributed by atoms with van der Waals surface area (Å²) in [6.07, 6.45) is 3.46. The van der Waals surface area contributed by atoms with Gasteiger partial charge in [-0.25, -0.2) is 4.99 Å². The molecule has 1 aromatic rings. The number of likely N-dealkylation sites (tertiary alicyclic amines) is 1. The third kappa shape index (κ3) is 3.23. The van der Waals surface area contributed by atoms with Gasteiger partial charge in [-0.1, -0.05) is 18.5 Å². The summed E-state index contributed by atoms with van der Waals surface area (Å²) in [5.41, 5.74) is 0.965. The third-order valence-electron chi connectivity index (χ3n) is 2.85. The molecule has 2 rings (SSSR count). The number of rotatable bonds is 3. The van der Waals surface area contributed by atoms with E-state index in [1.807, 2.05) is 18.2 Å². The predicted molar refractivity (Wildman–Crippen MR) is 77.3 cm³/mol. The molecule has 1 aliphatic rings. The minimum Gasteiger partial charge on any atom is -0.360 e. The highest BCUT2D eigenvalue weighted by molar-refractivity contribution is 9.10. The van der Waals surface area contributed by atoms with Gasteiger partial charge >= 0.3 is 0 Å². The topological polar surface area (TPSA) is 15.6 Å². The summed E-state index contributed by atoms with van der Waals surface area (Å²) < 4.78 is 0.959. The highest BCUT2D eigenvalue weighted by Gasteiger charge is 2.17. The first kappa shape index (κ1) is 12.9. The molecule has 0 spiro atoms. The fourth-order valence-electron chi connectivity index (χ4n) is 2.06. The maximum absolute atomic E-state index is 5.92. The molecule has 92 valence electrons. The number of benzene rings is 1. The Morgan fingerprint density at radius 2 is 2.29 bits per heavy atom. The maximum atomic E-state index is 5.92. The van der Waals surface area contributed by atoms with Crippen molar-refractivity contribution in [3.8, 4) is 0 Å². The van der Waals surface area contributed by atoms with Crippen molar-refractivity contribution < 1.29 is 0 Å². The van der Waals surface area contributed by atoms with Crippen LogP contribution in [0.4, 0.5) is 5.69 Å². The number of hydrogen-bond donors (Lipinski definition) is 0. The molecular weight excluding hydrogens is 300 g/mol. The smallest absolute Gasteiger partial charge is 0.105 e. The van der Waals surface area contributed by atoms with Crippen molar-refractivity contribution >= 4 is 39.1 Å². The van der Waals surface area contributed by atoms with Gasteiger partial charge in [-0.2, -0.15) is 0 Å². The van der Waals surface area contributed by atoms with Crippen LogP contribution in [0.2, 0.25) is 5.02 Å². The van der Waals surface area contributed by atoms with Crippen molar-refractivity contribution in [3.63, 3.8) is 0 Å². The van der Waals surface area contributed by atoms with E-state index in [0.717, 1.165) is 34.7 Å². The van der Waals surface area contributed by atoms with Crippen molar-refractivity contribution in [1.82, 2.24) is 4.90 Å². The van der Waals surface area contributed by atoms with Crippen LogP contribution in [0, 0.1) is 0 Å². The first-order valence-electron chi connectivity index (χ1n) is 5.98. The molecule has 17 heavy (non-hydrogen) atoms. The molecule has 0 unspecified atom stereocenters. The molecule has 0 aromatic heterocycles. The molecule has 0 atom stereocenters. The third-order valence-corrected chi connectivity index (χ3v) is 3.72. The Bertz CT molecular complexity index is 431. The van der Waals surface area contributed by atoms with Crippen molar-refractivity contribution in [3.05, 3.63) is 27.7 Å². The lowest BCUT2D eigenvalue weighted by atomic mass is 10.3. The molecule has 4 heteroatoms. The molecule has 0 bridgehead atoms. The molecule has 1 saturated heterocycles. The van der Waals surface area contributed by atoms with Gasteiger partial charge in [-0.3, -0.25) is 0 Å². The molecule has 0 aliphatic carbocycles. The summed E-state index contributed by atoms with van der Waals surface area (Å²) in [6, 6.07) is 5.73. The normalized spacial score (nSPS) is 18.1. The summed E-state index contributed by atoms with van der Waals surface area (Å²) in [6.45, 7) is 4.44. The Balaban J connectivity index is 2.22. The molecule has 1 aliphatic heterocycles. The van der Waals surface area contributed by atoms with Gasteiger partial charge < -0.3 is 4.90 Å². The molecule has 0 amide bonds. The van der Waals surface area contributed by atoms with E-state index in [1.165, 1.54) is 18.7 Å². The Labute approximate surface area is 116 Å². The number of aliphatic imine (C=N–C) groups is 1. The lowest BCUT2D eigenvalue weighted by molar-refractivity contribution is 0.452. The van der Waals surface area contributed by atoms with E-state index in [2.05, 4.69) is 27.8 Å². The van der Waals surface area contributed by atoms with Crippen molar-refractivity contribution in [2.45, 2.75) is 26.2 Å². The Morgan fingerprint density at radius 3 is 3.00 bits per heavy atom. The standard InChI is InChI=1S/C13H16BrClN2/c1-2-7-17-8-3-4-13(17)16-12-6-5-10(15)9-11(12)14/h5-6,9H,2-4,7-8H2,1H3. The SMILES string of the molecule is CCCN1CCCC1=Nc1ccc(Cl)cc1Br. The van der Waals surface area contributed by atoms with Gasteiger partial charge in [-0.05, 0) is 47.0 Å². The van der Waals surface area contributed by atoms with Crippen LogP contribution in [0.3, 0.4) is 0 Å². The Hall–Kier alpha value is -0.540. The van der Waals surface area contributed by atoms with E-state index in [0.29, 0.717) is 0 Å². The molecule has 0 saturated carbocycles. The van der Waals surface area contributed by atoms with Crippen LogP contribution in [0.5, 0.6) is 0 Å². The molecule has 1 fully saturated rings. The van der Waals surface area contributed by atoms with E-state index in [4.69, 9.17) is 16.6 Å². The second-order valence-electron chi connectivity index (χ2n) is 4.21. The minimum atomic E-state index is 0.734. The van der Waals surface area contributed by atoms with Crippen LogP contribution in [0.25, 0.3) is 0 Å². The van der Waals surface area contributed by atoms with E-state index in [-0.39, 0.29) is 0 Å². The predicted octanol–water partition coefficient (Wildman–Crippen LogP) is 4.64. The summed E-state index contributed by atoms with van der Waals surface area (Å²) in [7, 11) is 0. The van der Waals surface area contributed by atoms with Crippen molar-refractivity contribution in [2.75, 3.05) is 13.1 Å². The summed E-state index contributed by atoms with van der Waals surface area (Å²) in [4.78, 5) is 7.11. The zero-order valence-corrected chi connectivity index (χ0v) is 12.3. The zero-order chi connectivity index (χ0) is 12.3. The quantitative estimate of drug-likeness (QED) is 0.793. The first-order valence-corrected chi connectivity index (χ1v) is 7.15. The van der Waals surface area contributed by atoms with E-state index in [9.17, 15) is 0 Å². The van der Waals surface area contributed by atoms with Gasteiger partial charge in [0.2, 0.25) is 0 Å². The van der Waals surface area contributed by atoms with Crippen LogP contribution >= 0.6 is 27.5 Å². The van der Waals surface area contributed by atoms with Crippen LogP contribution < -0.4 is 0 Å². The lowest BCUT2D eigenvalue weighted by Gasteiger charge is -2.17. The van der Waals surface area contributed by atoms with E-state index < -0.39 is 0 Å². The van der Waals surface area contributed by atoms with Gasteiger partial charge in [0.15, 0.2) is 0 Å². The van der Waals surface area contributed by atoms with Gasteiger partial charge in [-0.15, -0.1) is 0 Å². The second-order valence-corrected chi connectivity index (χ2v) is 5.51. The highest BCUT2D eigenvalue weighted by atomic mass is 79.9. The molecule has 1 heterocycles. The minimum absolute atomic E-state index is 0.734. The van der Waals surface area contributed by atoms with Gasteiger partial charge in [0.25, 0.3) is 0 Å². The molecule has 0 radical (unpaired) electrons. The van der Waals surface area contributed by atoms with Gasteiger partial charge in [0.1, 0.15) is 5.84 Å². The van der Waals surface area contributed by atoms with Crippen LogP contribution in [-0.4, -0.2) is 23.8 Å². The monoisotopic (exact) mass is 314 g/mol. The summed E-state index contributed by atoms with van der Waals surface area (Å²) in [5, 5.41) is 0.734. The van der Waals surface area contributed by atoms with Crippen LogP contribution in [0.15, 0.2) is 27.7 Å². The molecule has 1 aromatic carbocycles. The number of hydrogen-bond acceptors (Lipinski definition) is 1. The molecular formula is C13H16BrClN2. The number of amidine groups is 1. The lowest BCUT2D eigenvalue weighted by Crippen LogP contribution is -2.25.